The van der Waals surface area contributed by atoms with Crippen LogP contribution in [0.25, 0.3) is 0 Å². The summed E-state index contributed by atoms with van der Waals surface area (Å²) in [5, 5.41) is 145. The fourth-order valence-corrected chi connectivity index (χ4v) is 15.8. The number of carboxylic acids is 1. The van der Waals surface area contributed by atoms with Gasteiger partial charge in [0.1, 0.15) is 61.0 Å². The molecule has 26 atom stereocenters. The molecule has 2 heterocycles. The number of carbonyl (C=O) groups excluding carboxylic acids is 2. The first-order valence-corrected chi connectivity index (χ1v) is 28.7. The Kier molecular flexibility index (Phi) is 20.2. The third kappa shape index (κ3) is 10.9. The van der Waals surface area contributed by atoms with Gasteiger partial charge in [-0.05, 0) is 102 Å². The van der Waals surface area contributed by atoms with E-state index in [9.17, 15) is 80.8 Å². The van der Waals surface area contributed by atoms with Gasteiger partial charge in [0, 0.05) is 27.4 Å². The average Bonchev–Trinajstić information content (AvgIpc) is 0.751. The molecule has 7 rings (SSSR count). The molecule has 82 heavy (non-hydrogen) atoms. The van der Waals surface area contributed by atoms with Crippen molar-refractivity contribution in [1.82, 2.24) is 0 Å². The SMILES string of the molecule is C/C=C(/C)C(=O)O[C@H]1[C@H](OC(=O)/C(C)=C\C)[C@@]2(CO)C(CC1(C)C)C1=CCC3[C@@]4(C)CC[C@H](O[C@H](OC(C)C(=O)O)C(O[C@@H]5OC(CO)[C@@H](O)C(O)C5O)C(CO)OC5OC(CO)C(O)C5O)[C@](C)(CO)C4CC[C@@]3(C)[C@]1(C)[C@@H](O)[C@H]2O. The molecule has 0 radical (unpaired) electrons. The Bertz CT molecular complexity index is 2380. The van der Waals surface area contributed by atoms with Crippen LogP contribution in [-0.4, -0.2) is 228 Å². The van der Waals surface area contributed by atoms with Gasteiger partial charge in [0.15, 0.2) is 31.1 Å². The Hall–Kier alpha value is -3.09. The van der Waals surface area contributed by atoms with Crippen LogP contribution in [-0.2, 0) is 52.3 Å². The first-order valence-electron chi connectivity index (χ1n) is 28.7. The predicted octanol–water partition coefficient (Wildman–Crippen LogP) is -0.127. The number of hydrogen-bond donors (Lipinski definition) is 13. The van der Waals surface area contributed by atoms with Crippen LogP contribution in [0.5, 0.6) is 0 Å². The van der Waals surface area contributed by atoms with Crippen molar-refractivity contribution in [3.05, 3.63) is 34.9 Å². The van der Waals surface area contributed by atoms with Crippen LogP contribution in [0.4, 0.5) is 0 Å². The number of aliphatic hydroxyl groups excluding tert-OH is 12. The summed E-state index contributed by atoms with van der Waals surface area (Å²) < 4.78 is 49.0. The summed E-state index contributed by atoms with van der Waals surface area (Å²) in [6, 6.07) is 0. The lowest BCUT2D eigenvalue weighted by molar-refractivity contribution is -0.363. The van der Waals surface area contributed by atoms with Crippen molar-refractivity contribution in [3.63, 3.8) is 0 Å². The van der Waals surface area contributed by atoms with Crippen molar-refractivity contribution in [2.45, 2.75) is 225 Å². The Morgan fingerprint density at radius 1 is 0.695 bits per heavy atom. The monoisotopic (exact) mass is 1170 g/mol. The molecule has 24 heteroatoms. The van der Waals surface area contributed by atoms with Crippen molar-refractivity contribution >= 4 is 17.9 Å². The molecule has 0 spiro atoms. The van der Waals surface area contributed by atoms with E-state index in [0.29, 0.717) is 31.3 Å². The van der Waals surface area contributed by atoms with Gasteiger partial charge in [-0.2, -0.15) is 0 Å². The lowest BCUT2D eigenvalue weighted by Crippen LogP contribution is -2.76. The predicted molar refractivity (Wildman–Crippen MR) is 285 cm³/mol. The maximum absolute atomic E-state index is 13.9. The summed E-state index contributed by atoms with van der Waals surface area (Å²) in [5.74, 6) is -4.30. The molecule has 13 unspecified atom stereocenters. The fourth-order valence-electron chi connectivity index (χ4n) is 15.8. The summed E-state index contributed by atoms with van der Waals surface area (Å²) in [5.41, 5.74) is -5.31. The topological polar surface area (TPSA) is 388 Å². The second-order valence-electron chi connectivity index (χ2n) is 25.8. The molecule has 2 saturated heterocycles. The maximum Gasteiger partial charge on any atom is 0.333 e. The molecule has 13 N–H and O–H groups in total. The molecular formula is C58H92O24. The van der Waals surface area contributed by atoms with Crippen molar-refractivity contribution in [3.8, 4) is 0 Å². The van der Waals surface area contributed by atoms with Gasteiger partial charge < -0.3 is 104 Å². The minimum atomic E-state index is -2.05. The van der Waals surface area contributed by atoms with E-state index in [4.69, 9.17) is 37.9 Å². The molecule has 2 aliphatic heterocycles. The van der Waals surface area contributed by atoms with Crippen molar-refractivity contribution < 1.29 is 119 Å². The quantitative estimate of drug-likeness (QED) is 0.0327. The lowest BCUT2D eigenvalue weighted by atomic mass is 9.32. The van der Waals surface area contributed by atoms with Crippen LogP contribution in [0.1, 0.15) is 115 Å². The average molecular weight is 1170 g/mol. The van der Waals surface area contributed by atoms with E-state index < -0.39 is 206 Å². The van der Waals surface area contributed by atoms with Gasteiger partial charge in [0.25, 0.3) is 0 Å². The molecule has 0 aromatic carbocycles. The first kappa shape index (κ1) is 66.4. The molecule has 4 saturated carbocycles. The zero-order valence-corrected chi connectivity index (χ0v) is 48.9. The highest BCUT2D eigenvalue weighted by Gasteiger charge is 2.76. The molecule has 0 aromatic rings. The zero-order chi connectivity index (χ0) is 61.1. The largest absolute Gasteiger partial charge is 0.479 e. The van der Waals surface area contributed by atoms with Gasteiger partial charge >= 0.3 is 17.9 Å². The number of rotatable bonds is 20. The lowest BCUT2D eigenvalue weighted by Gasteiger charge is -2.73. The third-order valence-electron chi connectivity index (χ3n) is 21.3. The highest BCUT2D eigenvalue weighted by molar-refractivity contribution is 5.89. The number of fused-ring (bicyclic) bond motifs is 7. The van der Waals surface area contributed by atoms with Gasteiger partial charge in [0.05, 0.1) is 56.8 Å². The number of carbonyl (C=O) groups is 3. The smallest absolute Gasteiger partial charge is 0.333 e. The van der Waals surface area contributed by atoms with Crippen LogP contribution in [0.3, 0.4) is 0 Å². The number of carboxylic acid groups (broad SMARTS) is 1. The second kappa shape index (κ2) is 24.9. The summed E-state index contributed by atoms with van der Waals surface area (Å²) in [6.45, 7) is 15.5. The molecule has 0 amide bonds. The van der Waals surface area contributed by atoms with Gasteiger partial charge in [-0.3, -0.25) is 0 Å². The van der Waals surface area contributed by atoms with E-state index in [1.165, 1.54) is 6.92 Å². The summed E-state index contributed by atoms with van der Waals surface area (Å²) in [6.07, 6.45) is -23.0. The summed E-state index contributed by atoms with van der Waals surface area (Å²) in [7, 11) is 0. The van der Waals surface area contributed by atoms with Gasteiger partial charge in [-0.25, -0.2) is 14.4 Å². The van der Waals surface area contributed by atoms with E-state index in [2.05, 4.69) is 19.9 Å². The molecular weight excluding hydrogens is 1080 g/mol. The highest BCUT2D eigenvalue weighted by Crippen LogP contribution is 2.76. The minimum Gasteiger partial charge on any atom is -0.479 e. The molecule has 6 fully saturated rings. The van der Waals surface area contributed by atoms with Crippen molar-refractivity contribution in [2.75, 3.05) is 33.0 Å². The number of allylic oxidation sites excluding steroid dienone is 3. The number of aliphatic hydroxyl groups is 12. The van der Waals surface area contributed by atoms with E-state index in [-0.39, 0.29) is 24.3 Å². The van der Waals surface area contributed by atoms with Crippen LogP contribution in [0.15, 0.2) is 34.9 Å². The second-order valence-corrected chi connectivity index (χ2v) is 25.8. The van der Waals surface area contributed by atoms with Gasteiger partial charge in [0.2, 0.25) is 0 Å². The molecule has 468 valence electrons. The molecule has 0 bridgehead atoms. The van der Waals surface area contributed by atoms with Crippen molar-refractivity contribution in [2.24, 2.45) is 50.2 Å². The molecule has 24 nitrogen and oxygen atoms in total. The number of ether oxygens (including phenoxy) is 8. The maximum atomic E-state index is 13.9. The van der Waals surface area contributed by atoms with Crippen molar-refractivity contribution in [1.29, 1.82) is 0 Å². The van der Waals surface area contributed by atoms with Gasteiger partial charge in [-0.1, -0.05) is 65.3 Å². The Morgan fingerprint density at radius 2 is 1.24 bits per heavy atom. The van der Waals surface area contributed by atoms with Crippen LogP contribution >= 0.6 is 0 Å². The Labute approximate surface area is 478 Å². The third-order valence-corrected chi connectivity index (χ3v) is 21.3. The van der Waals surface area contributed by atoms with Crippen LogP contribution in [0.2, 0.25) is 0 Å². The number of hydrogen-bond acceptors (Lipinski definition) is 23. The van der Waals surface area contributed by atoms with E-state index in [1.807, 2.05) is 27.7 Å². The Morgan fingerprint density at radius 3 is 1.77 bits per heavy atom. The minimum absolute atomic E-state index is 0.151. The highest BCUT2D eigenvalue weighted by atomic mass is 16.8. The zero-order valence-electron chi connectivity index (χ0n) is 48.9. The first-order chi connectivity index (χ1) is 38.3. The molecule has 0 aromatic heterocycles. The van der Waals surface area contributed by atoms with Crippen LogP contribution in [0, 0.1) is 50.2 Å². The standard InChI is InChI=1S/C58H92O24/c1-12-26(3)48(73)81-45-46(82-49(74)27(4)13-2)58(25-63)30(20-53(45,6)7)29-14-15-35-54(8)18-17-36(55(9,24-62)34(54)16-19-56(35,10)57(29,11)43(69)44(58)70)79-52(75-28(5)47(71)72)42(80-51-41(68)39(66)37(64)31(21-59)77-51)33(23-61)78-50-40(67)38(65)32(22-60)76-50/h12-14,28,30-46,50-52,59-70H,15-25H2,1-11H3,(H,71,72)/b26-12-,27-13-/t28?,30?,31?,32?,33?,34?,35?,36-,37+,38?,39?,40?,41?,42?,43-,44+,45-,46-,50?,51-,52-,54-,55+,56+,57-,58-/m0/s1. The number of aliphatic carboxylic acids is 1. The Balaban J connectivity index is 1.28. The molecule has 7 aliphatic rings. The molecule has 5 aliphatic carbocycles. The van der Waals surface area contributed by atoms with E-state index >= 15 is 0 Å². The van der Waals surface area contributed by atoms with E-state index in [0.717, 1.165) is 5.57 Å². The van der Waals surface area contributed by atoms with Crippen LogP contribution < -0.4 is 0 Å². The summed E-state index contributed by atoms with van der Waals surface area (Å²) >= 11 is 0. The van der Waals surface area contributed by atoms with Gasteiger partial charge in [-0.15, -0.1) is 0 Å². The van der Waals surface area contributed by atoms with E-state index in [1.54, 1.807) is 39.8 Å². The normalized spacial score (nSPS) is 45.3. The number of esters is 2. The summed E-state index contributed by atoms with van der Waals surface area (Å²) in [4.78, 5) is 40.1. The fraction of sp³-hybridized carbons (Fsp3) is 0.845.